The van der Waals surface area contributed by atoms with E-state index in [1.54, 1.807) is 11.4 Å². The Balaban J connectivity index is 1.56. The predicted octanol–water partition coefficient (Wildman–Crippen LogP) is 3.58. The number of benzene rings is 2. The molecule has 3 aromatic rings. The zero-order valence-corrected chi connectivity index (χ0v) is 16.7. The molecule has 150 valence electrons. The van der Waals surface area contributed by atoms with Crippen LogP contribution >= 0.6 is 11.3 Å². The molecule has 0 fully saturated rings. The van der Waals surface area contributed by atoms with Crippen LogP contribution in [0.4, 0.5) is 5.69 Å². The summed E-state index contributed by atoms with van der Waals surface area (Å²) in [7, 11) is 1.26. The third kappa shape index (κ3) is 3.48. The van der Waals surface area contributed by atoms with E-state index in [0.717, 1.165) is 21.8 Å². The fourth-order valence-electron chi connectivity index (χ4n) is 3.19. The van der Waals surface area contributed by atoms with E-state index in [9.17, 15) is 19.2 Å². The maximum atomic E-state index is 12.8. The average Bonchev–Trinajstić information content (AvgIpc) is 3.32. The zero-order chi connectivity index (χ0) is 21.3. The van der Waals surface area contributed by atoms with Crippen molar-refractivity contribution in [1.29, 1.82) is 0 Å². The van der Waals surface area contributed by atoms with E-state index in [1.165, 1.54) is 25.3 Å². The lowest BCUT2D eigenvalue weighted by Gasteiger charge is -2.13. The largest absolute Gasteiger partial charge is 0.465 e. The fourth-order valence-corrected chi connectivity index (χ4v) is 3.96. The molecular formula is C22H16N2O5S. The van der Waals surface area contributed by atoms with E-state index in [2.05, 4.69) is 5.32 Å². The van der Waals surface area contributed by atoms with Gasteiger partial charge in [0.2, 0.25) is 0 Å². The first-order valence-corrected chi connectivity index (χ1v) is 9.89. The van der Waals surface area contributed by atoms with Gasteiger partial charge in [-0.15, -0.1) is 11.3 Å². The Hall–Kier alpha value is -3.78. The summed E-state index contributed by atoms with van der Waals surface area (Å²) in [5.74, 6) is -1.88. The summed E-state index contributed by atoms with van der Waals surface area (Å²) in [6, 6.07) is 15.2. The maximum Gasteiger partial charge on any atom is 0.350 e. The summed E-state index contributed by atoms with van der Waals surface area (Å²) in [5.41, 5.74) is 1.81. The topological polar surface area (TPSA) is 92.8 Å². The number of nitrogens with one attached hydrogen (secondary N) is 1. The second kappa shape index (κ2) is 7.92. The number of hydrogen-bond donors (Lipinski definition) is 1. The Morgan fingerprint density at radius 3 is 2.47 bits per heavy atom. The van der Waals surface area contributed by atoms with Crippen molar-refractivity contribution in [2.75, 3.05) is 12.4 Å². The number of anilines is 1. The van der Waals surface area contributed by atoms with Crippen LogP contribution in [0.3, 0.4) is 0 Å². The van der Waals surface area contributed by atoms with Crippen LogP contribution in [0.25, 0.3) is 0 Å². The highest BCUT2D eigenvalue weighted by atomic mass is 32.1. The highest BCUT2D eigenvalue weighted by molar-refractivity contribution is 7.12. The van der Waals surface area contributed by atoms with E-state index in [4.69, 9.17) is 4.74 Å². The van der Waals surface area contributed by atoms with Gasteiger partial charge in [0.25, 0.3) is 17.7 Å². The van der Waals surface area contributed by atoms with Crippen molar-refractivity contribution in [1.82, 2.24) is 4.90 Å². The van der Waals surface area contributed by atoms with Crippen molar-refractivity contribution < 1.29 is 23.9 Å². The van der Waals surface area contributed by atoms with Gasteiger partial charge in [0.05, 0.1) is 30.5 Å². The van der Waals surface area contributed by atoms with Crippen molar-refractivity contribution in [3.8, 4) is 0 Å². The molecule has 0 atom stereocenters. The minimum absolute atomic E-state index is 0.159. The summed E-state index contributed by atoms with van der Waals surface area (Å²) < 4.78 is 4.70. The van der Waals surface area contributed by atoms with Crippen LogP contribution in [0.1, 0.15) is 46.3 Å². The van der Waals surface area contributed by atoms with Crippen LogP contribution in [0, 0.1) is 0 Å². The molecule has 7 nitrogen and oxygen atoms in total. The van der Waals surface area contributed by atoms with Gasteiger partial charge in [-0.25, -0.2) is 4.79 Å². The summed E-state index contributed by atoms with van der Waals surface area (Å²) >= 11 is 1.15. The van der Waals surface area contributed by atoms with E-state index in [-0.39, 0.29) is 28.1 Å². The minimum atomic E-state index is -0.549. The number of fused-ring (bicyclic) bond motifs is 1. The molecule has 2 aromatic carbocycles. The highest BCUT2D eigenvalue weighted by Gasteiger charge is 2.36. The fraction of sp³-hybridized carbons (Fsp3) is 0.0909. The molecule has 1 aliphatic rings. The van der Waals surface area contributed by atoms with Crippen LogP contribution in [0.15, 0.2) is 60.0 Å². The number of esters is 1. The molecule has 2 heterocycles. The third-order valence-electron chi connectivity index (χ3n) is 4.70. The number of nitrogens with zero attached hydrogens (tertiary/aromatic N) is 1. The summed E-state index contributed by atoms with van der Waals surface area (Å²) in [6.45, 7) is 0.159. The summed E-state index contributed by atoms with van der Waals surface area (Å²) in [5, 5.41) is 4.31. The molecule has 0 unspecified atom stereocenters. The van der Waals surface area contributed by atoms with Crippen LogP contribution in [-0.4, -0.2) is 35.7 Å². The van der Waals surface area contributed by atoms with Gasteiger partial charge in [0.1, 0.15) is 4.88 Å². The van der Waals surface area contributed by atoms with Gasteiger partial charge in [-0.3, -0.25) is 19.3 Å². The molecular weight excluding hydrogens is 404 g/mol. The lowest BCUT2D eigenvalue weighted by Crippen LogP contribution is -2.29. The molecule has 4 rings (SSSR count). The first-order chi connectivity index (χ1) is 14.5. The lowest BCUT2D eigenvalue weighted by molar-refractivity contribution is 0.0604. The number of methoxy groups -OCH3 is 1. The zero-order valence-electron chi connectivity index (χ0n) is 15.9. The third-order valence-corrected chi connectivity index (χ3v) is 5.60. The molecule has 30 heavy (non-hydrogen) atoms. The second-order valence-electron chi connectivity index (χ2n) is 6.55. The van der Waals surface area contributed by atoms with Gasteiger partial charge in [0.15, 0.2) is 0 Å². The van der Waals surface area contributed by atoms with Crippen LogP contribution < -0.4 is 5.32 Å². The monoisotopic (exact) mass is 420 g/mol. The second-order valence-corrected chi connectivity index (χ2v) is 7.47. The van der Waals surface area contributed by atoms with Crippen molar-refractivity contribution >= 4 is 40.7 Å². The van der Waals surface area contributed by atoms with Crippen LogP contribution in [0.2, 0.25) is 0 Å². The first kappa shape index (κ1) is 19.5. The van der Waals surface area contributed by atoms with Gasteiger partial charge in [-0.05, 0) is 35.2 Å². The van der Waals surface area contributed by atoms with Crippen molar-refractivity contribution in [3.63, 3.8) is 0 Å². The molecule has 0 radical (unpaired) electrons. The van der Waals surface area contributed by atoms with Gasteiger partial charge < -0.3 is 10.1 Å². The molecule has 0 bridgehead atoms. The quantitative estimate of drug-likeness (QED) is 0.503. The Morgan fingerprint density at radius 2 is 1.73 bits per heavy atom. The molecule has 0 aliphatic carbocycles. The standard InChI is InChI=1S/C22H16N2O5S/c1-29-22(28)18-17(9-10-30-18)23-19(25)14-7-8-15-16(11-14)21(27)24(20(15)26)12-13-5-3-2-4-6-13/h2-11H,12H2,1H3,(H,23,25). The van der Waals surface area contributed by atoms with Gasteiger partial charge >= 0.3 is 5.97 Å². The molecule has 0 spiro atoms. The molecule has 0 saturated heterocycles. The Morgan fingerprint density at radius 1 is 1.00 bits per heavy atom. The van der Waals surface area contributed by atoms with Crippen molar-refractivity contribution in [3.05, 3.63) is 87.1 Å². The van der Waals surface area contributed by atoms with E-state index >= 15 is 0 Å². The number of rotatable bonds is 5. The molecule has 1 N–H and O–H groups in total. The highest BCUT2D eigenvalue weighted by Crippen LogP contribution is 2.27. The maximum absolute atomic E-state index is 12.8. The lowest BCUT2D eigenvalue weighted by atomic mass is 10.1. The smallest absolute Gasteiger partial charge is 0.350 e. The number of hydrogen-bond acceptors (Lipinski definition) is 6. The minimum Gasteiger partial charge on any atom is -0.465 e. The summed E-state index contributed by atoms with van der Waals surface area (Å²) in [4.78, 5) is 51.3. The summed E-state index contributed by atoms with van der Waals surface area (Å²) in [6.07, 6.45) is 0. The Bertz CT molecular complexity index is 1170. The first-order valence-electron chi connectivity index (χ1n) is 9.01. The molecule has 3 amide bonds. The van der Waals surface area contributed by atoms with Gasteiger partial charge in [0, 0.05) is 5.56 Å². The Labute approximate surface area is 175 Å². The number of amides is 3. The molecule has 1 aliphatic heterocycles. The number of ether oxygens (including phenoxy) is 1. The molecule has 1 aromatic heterocycles. The van der Waals surface area contributed by atoms with Crippen molar-refractivity contribution in [2.45, 2.75) is 6.54 Å². The van der Waals surface area contributed by atoms with Crippen LogP contribution in [0.5, 0.6) is 0 Å². The normalized spacial score (nSPS) is 12.6. The van der Waals surface area contributed by atoms with Crippen molar-refractivity contribution in [2.24, 2.45) is 0 Å². The van der Waals surface area contributed by atoms with Gasteiger partial charge in [-0.2, -0.15) is 0 Å². The number of carbonyl (C=O) groups excluding carboxylic acids is 4. The number of imide groups is 1. The number of thiophene rings is 1. The predicted molar refractivity (Wildman–Crippen MR) is 111 cm³/mol. The Kier molecular flexibility index (Phi) is 5.16. The SMILES string of the molecule is COC(=O)c1sccc1NC(=O)c1ccc2c(c1)C(=O)N(Cc1ccccc1)C2=O. The molecule has 0 saturated carbocycles. The number of carbonyl (C=O) groups is 4. The van der Waals surface area contributed by atoms with Crippen LogP contribution in [-0.2, 0) is 11.3 Å². The van der Waals surface area contributed by atoms with E-state index < -0.39 is 23.7 Å². The van der Waals surface area contributed by atoms with E-state index in [0.29, 0.717) is 5.69 Å². The molecule has 8 heteroatoms. The average molecular weight is 420 g/mol. The van der Waals surface area contributed by atoms with Gasteiger partial charge in [-0.1, -0.05) is 30.3 Å². The van der Waals surface area contributed by atoms with E-state index in [1.807, 2.05) is 30.3 Å².